The maximum absolute atomic E-state index is 11.7. The van der Waals surface area contributed by atoms with E-state index in [1.54, 1.807) is 25.9 Å². The molecule has 0 bridgehead atoms. The first-order valence-electron chi connectivity index (χ1n) is 7.48. The Kier molecular flexibility index (Phi) is 9.55. The van der Waals surface area contributed by atoms with E-state index in [0.29, 0.717) is 5.96 Å². The quantitative estimate of drug-likeness (QED) is 0.424. The Morgan fingerprint density at radius 1 is 1.22 bits per heavy atom. The maximum atomic E-state index is 11.7. The van der Waals surface area contributed by atoms with Gasteiger partial charge in [-0.1, -0.05) is 23.7 Å². The van der Waals surface area contributed by atoms with Gasteiger partial charge in [0.05, 0.1) is 0 Å². The van der Waals surface area contributed by atoms with Gasteiger partial charge in [0.2, 0.25) is 5.91 Å². The van der Waals surface area contributed by atoms with E-state index < -0.39 is 0 Å². The van der Waals surface area contributed by atoms with Gasteiger partial charge in [-0.25, -0.2) is 4.99 Å². The molecule has 7 heteroatoms. The molecule has 1 aromatic carbocycles. The average molecular weight is 357 g/mol. The molecule has 23 heavy (non-hydrogen) atoms. The Morgan fingerprint density at radius 2 is 1.87 bits per heavy atom. The van der Waals surface area contributed by atoms with Crippen molar-refractivity contribution in [3.05, 3.63) is 34.9 Å². The van der Waals surface area contributed by atoms with E-state index in [0.717, 1.165) is 30.3 Å². The lowest BCUT2D eigenvalue weighted by Gasteiger charge is -2.13. The number of thioether (sulfide) groups is 1. The van der Waals surface area contributed by atoms with E-state index in [9.17, 15) is 4.79 Å². The van der Waals surface area contributed by atoms with Gasteiger partial charge in [-0.05, 0) is 30.4 Å². The molecule has 0 aliphatic heterocycles. The van der Waals surface area contributed by atoms with E-state index in [1.165, 1.54) is 10.5 Å². The minimum atomic E-state index is -0.0198. The van der Waals surface area contributed by atoms with Crippen molar-refractivity contribution in [3.8, 4) is 0 Å². The molecule has 1 aromatic rings. The van der Waals surface area contributed by atoms with Crippen molar-refractivity contribution in [2.24, 2.45) is 4.99 Å². The van der Waals surface area contributed by atoms with Crippen molar-refractivity contribution < 1.29 is 4.79 Å². The number of halogens is 1. The molecule has 1 amide bonds. The molecule has 128 valence electrons. The second kappa shape index (κ2) is 11.2. The van der Waals surface area contributed by atoms with Crippen LogP contribution < -0.4 is 10.6 Å². The fraction of sp³-hybridized carbons (Fsp3) is 0.500. The Hall–Kier alpha value is -1.40. The standard InChI is InChI=1S/C16H25ClN4OS/c1-21(2)15(22)12-20-16(19-10-11-23-3)18-9-8-13-4-6-14(17)7-5-13/h4-7H,8-12H2,1-3H3,(H2,18,19,20). The molecule has 0 radical (unpaired) electrons. The molecular weight excluding hydrogens is 332 g/mol. The van der Waals surface area contributed by atoms with Crippen molar-refractivity contribution >= 4 is 35.2 Å². The Bertz CT molecular complexity index is 505. The van der Waals surface area contributed by atoms with Crippen LogP contribution in [0, 0.1) is 0 Å². The van der Waals surface area contributed by atoms with Crippen LogP contribution in [0.1, 0.15) is 5.56 Å². The van der Waals surface area contributed by atoms with Crippen LogP contribution >= 0.6 is 23.4 Å². The first-order valence-corrected chi connectivity index (χ1v) is 9.26. The molecule has 5 nitrogen and oxygen atoms in total. The van der Waals surface area contributed by atoms with Gasteiger partial charge in [-0.15, -0.1) is 0 Å². The lowest BCUT2D eigenvalue weighted by Crippen LogP contribution is -2.40. The molecule has 0 aromatic heterocycles. The van der Waals surface area contributed by atoms with E-state index in [2.05, 4.69) is 21.9 Å². The van der Waals surface area contributed by atoms with E-state index in [-0.39, 0.29) is 12.5 Å². The molecule has 0 saturated heterocycles. The maximum Gasteiger partial charge on any atom is 0.243 e. The number of carbonyl (C=O) groups is 1. The zero-order valence-corrected chi connectivity index (χ0v) is 15.5. The summed E-state index contributed by atoms with van der Waals surface area (Å²) in [7, 11) is 3.46. The molecule has 0 aliphatic rings. The number of hydrogen-bond acceptors (Lipinski definition) is 3. The minimum Gasteiger partial charge on any atom is -0.356 e. The zero-order chi connectivity index (χ0) is 17.1. The first kappa shape index (κ1) is 19.6. The molecule has 0 atom stereocenters. The monoisotopic (exact) mass is 356 g/mol. The van der Waals surface area contributed by atoms with E-state index in [1.807, 2.05) is 24.3 Å². The summed E-state index contributed by atoms with van der Waals surface area (Å²) in [6.07, 6.45) is 2.92. The number of aliphatic imine (C=N–C) groups is 1. The van der Waals surface area contributed by atoms with Crippen molar-refractivity contribution in [1.29, 1.82) is 0 Å². The van der Waals surface area contributed by atoms with Crippen LogP contribution in [-0.2, 0) is 11.2 Å². The highest BCUT2D eigenvalue weighted by atomic mass is 35.5. The summed E-state index contributed by atoms with van der Waals surface area (Å²) in [6.45, 7) is 1.69. The number of rotatable bonds is 8. The van der Waals surface area contributed by atoms with Crippen LogP contribution in [-0.4, -0.2) is 62.5 Å². The minimum absolute atomic E-state index is 0.0198. The molecule has 2 N–H and O–H groups in total. The number of likely N-dealkylation sites (N-methyl/N-ethyl adjacent to an activating group) is 1. The van der Waals surface area contributed by atoms with Gasteiger partial charge in [-0.2, -0.15) is 11.8 Å². The summed E-state index contributed by atoms with van der Waals surface area (Å²) in [4.78, 5) is 17.5. The topological polar surface area (TPSA) is 56.7 Å². The Labute approximate surface area is 147 Å². The highest BCUT2D eigenvalue weighted by Crippen LogP contribution is 2.09. The van der Waals surface area contributed by atoms with Crippen molar-refractivity contribution in [1.82, 2.24) is 15.5 Å². The molecule has 0 heterocycles. The Morgan fingerprint density at radius 3 is 2.48 bits per heavy atom. The second-order valence-electron chi connectivity index (χ2n) is 5.18. The summed E-state index contributed by atoms with van der Waals surface area (Å²) in [5.74, 6) is 1.64. The number of hydrogen-bond donors (Lipinski definition) is 2. The largest absolute Gasteiger partial charge is 0.356 e. The van der Waals surface area contributed by atoms with Gasteiger partial charge in [0.1, 0.15) is 6.54 Å². The van der Waals surface area contributed by atoms with Crippen LogP contribution in [0.2, 0.25) is 5.02 Å². The van der Waals surface area contributed by atoms with Gasteiger partial charge in [0, 0.05) is 38.0 Å². The number of carbonyl (C=O) groups excluding carboxylic acids is 1. The summed E-state index contributed by atoms with van der Waals surface area (Å²) in [6, 6.07) is 7.80. The number of nitrogens with one attached hydrogen (secondary N) is 2. The lowest BCUT2D eigenvalue weighted by atomic mass is 10.1. The van der Waals surface area contributed by atoms with Gasteiger partial charge in [-0.3, -0.25) is 4.79 Å². The van der Waals surface area contributed by atoms with Crippen LogP contribution in [0.3, 0.4) is 0 Å². The summed E-state index contributed by atoms with van der Waals surface area (Å²) < 4.78 is 0. The third kappa shape index (κ3) is 8.71. The molecule has 0 aliphatic carbocycles. The third-order valence-corrected chi connectivity index (χ3v) is 3.95. The predicted molar refractivity (Wildman–Crippen MR) is 101 cm³/mol. The smallest absolute Gasteiger partial charge is 0.243 e. The van der Waals surface area contributed by atoms with Crippen LogP contribution in [0.25, 0.3) is 0 Å². The molecule has 1 rings (SSSR count). The normalized spacial score (nSPS) is 11.2. The number of amides is 1. The summed E-state index contributed by atoms with van der Waals surface area (Å²) in [5.41, 5.74) is 1.20. The third-order valence-electron chi connectivity index (χ3n) is 3.09. The van der Waals surface area contributed by atoms with Crippen LogP contribution in [0.5, 0.6) is 0 Å². The molecular formula is C16H25ClN4OS. The van der Waals surface area contributed by atoms with E-state index >= 15 is 0 Å². The van der Waals surface area contributed by atoms with Crippen molar-refractivity contribution in [2.75, 3.05) is 45.7 Å². The van der Waals surface area contributed by atoms with Crippen molar-refractivity contribution in [2.45, 2.75) is 6.42 Å². The van der Waals surface area contributed by atoms with Gasteiger partial charge in [0.25, 0.3) is 0 Å². The number of guanidine groups is 1. The van der Waals surface area contributed by atoms with Crippen molar-refractivity contribution in [3.63, 3.8) is 0 Å². The predicted octanol–water partition coefficient (Wildman–Crippen LogP) is 1.87. The molecule has 0 saturated carbocycles. The molecule has 0 unspecified atom stereocenters. The van der Waals surface area contributed by atoms with Gasteiger partial charge >= 0.3 is 0 Å². The Balaban J connectivity index is 2.49. The van der Waals surface area contributed by atoms with Crippen LogP contribution in [0.15, 0.2) is 29.3 Å². The van der Waals surface area contributed by atoms with Gasteiger partial charge in [0.15, 0.2) is 5.96 Å². The molecule has 0 fully saturated rings. The SMILES string of the molecule is CSCCNC(=NCC(=O)N(C)C)NCCc1ccc(Cl)cc1. The fourth-order valence-corrected chi connectivity index (χ4v) is 2.14. The fourth-order valence-electron chi connectivity index (χ4n) is 1.71. The highest BCUT2D eigenvalue weighted by molar-refractivity contribution is 7.98. The van der Waals surface area contributed by atoms with Crippen LogP contribution in [0.4, 0.5) is 0 Å². The number of nitrogens with zero attached hydrogens (tertiary/aromatic N) is 2. The molecule has 0 spiro atoms. The second-order valence-corrected chi connectivity index (χ2v) is 6.60. The zero-order valence-electron chi connectivity index (χ0n) is 13.9. The summed E-state index contributed by atoms with van der Waals surface area (Å²) in [5, 5.41) is 7.24. The number of benzene rings is 1. The first-order chi connectivity index (χ1) is 11.0. The lowest BCUT2D eigenvalue weighted by molar-refractivity contribution is -0.127. The van der Waals surface area contributed by atoms with E-state index in [4.69, 9.17) is 11.6 Å². The summed E-state index contributed by atoms with van der Waals surface area (Å²) >= 11 is 7.64. The van der Waals surface area contributed by atoms with Gasteiger partial charge < -0.3 is 15.5 Å². The highest BCUT2D eigenvalue weighted by Gasteiger charge is 2.04. The average Bonchev–Trinajstić information content (AvgIpc) is 2.53.